The van der Waals surface area contributed by atoms with Crippen molar-refractivity contribution in [1.82, 2.24) is 4.72 Å². The largest absolute Gasteiger partial charge is 0.399 e. The molecule has 1 aromatic carbocycles. The normalized spacial score (nSPS) is 12.7. The van der Waals surface area contributed by atoms with Crippen molar-refractivity contribution in [3.05, 3.63) is 24.0 Å². The van der Waals surface area contributed by atoms with E-state index in [9.17, 15) is 12.8 Å². The van der Waals surface area contributed by atoms with Gasteiger partial charge in [0.15, 0.2) is 0 Å². The number of rotatable bonds is 5. The number of benzene rings is 1. The average molecular weight is 274 g/mol. The van der Waals surface area contributed by atoms with Gasteiger partial charge in [0.05, 0.1) is 0 Å². The van der Waals surface area contributed by atoms with Crippen molar-refractivity contribution in [3.63, 3.8) is 0 Å². The van der Waals surface area contributed by atoms with E-state index < -0.39 is 26.3 Å². The maximum Gasteiger partial charge on any atom is 0.244 e. The van der Waals surface area contributed by atoms with Crippen LogP contribution in [0, 0.1) is 5.82 Å². The quantitative estimate of drug-likeness (QED) is 0.809. The Morgan fingerprint density at radius 2 is 2.00 bits per heavy atom. The van der Waals surface area contributed by atoms with Crippen LogP contribution in [0.25, 0.3) is 0 Å². The highest BCUT2D eigenvalue weighted by Gasteiger charge is 2.27. The summed E-state index contributed by atoms with van der Waals surface area (Å²) in [4.78, 5) is -0.410. The van der Waals surface area contributed by atoms with Crippen LogP contribution in [0.2, 0.25) is 0 Å². The van der Waals surface area contributed by atoms with E-state index in [1.165, 1.54) is 6.07 Å². The van der Waals surface area contributed by atoms with E-state index >= 15 is 0 Å². The Bertz CT molecular complexity index is 527. The Kier molecular flexibility index (Phi) is 4.34. The lowest BCUT2D eigenvalue weighted by Crippen LogP contribution is -2.43. The Labute approximate surface area is 107 Å². The molecule has 0 atom stereocenters. The van der Waals surface area contributed by atoms with Gasteiger partial charge in [0.25, 0.3) is 0 Å². The molecule has 1 aromatic rings. The Hall–Kier alpha value is -1.14. The molecule has 0 amide bonds. The van der Waals surface area contributed by atoms with Gasteiger partial charge in [0.2, 0.25) is 10.0 Å². The van der Waals surface area contributed by atoms with E-state index in [2.05, 4.69) is 4.72 Å². The minimum atomic E-state index is -3.90. The summed E-state index contributed by atoms with van der Waals surface area (Å²) in [5.41, 5.74) is 5.08. The molecule has 0 saturated carbocycles. The number of nitrogens with two attached hydrogens (primary N) is 1. The van der Waals surface area contributed by atoms with Gasteiger partial charge in [0.1, 0.15) is 10.7 Å². The van der Waals surface area contributed by atoms with Crippen molar-refractivity contribution in [1.29, 1.82) is 0 Å². The summed E-state index contributed by atoms with van der Waals surface area (Å²) in [6.45, 7) is 5.48. The van der Waals surface area contributed by atoms with Gasteiger partial charge in [-0.05, 0) is 38.5 Å². The minimum Gasteiger partial charge on any atom is -0.399 e. The fourth-order valence-electron chi connectivity index (χ4n) is 1.82. The van der Waals surface area contributed by atoms with Crippen molar-refractivity contribution in [2.45, 2.75) is 44.0 Å². The van der Waals surface area contributed by atoms with E-state index in [4.69, 9.17) is 5.73 Å². The molecular weight excluding hydrogens is 255 g/mol. The third-order valence-electron chi connectivity index (χ3n) is 2.53. The van der Waals surface area contributed by atoms with Gasteiger partial charge in [-0.25, -0.2) is 17.5 Å². The second-order valence-corrected chi connectivity index (χ2v) is 6.58. The first-order valence-electron chi connectivity index (χ1n) is 5.77. The van der Waals surface area contributed by atoms with Crippen LogP contribution >= 0.6 is 0 Å². The van der Waals surface area contributed by atoms with Crippen LogP contribution in [0.4, 0.5) is 10.1 Å². The van der Waals surface area contributed by atoms with Crippen LogP contribution in [-0.2, 0) is 10.0 Å². The molecule has 0 spiro atoms. The number of anilines is 1. The van der Waals surface area contributed by atoms with Crippen molar-refractivity contribution in [2.24, 2.45) is 0 Å². The van der Waals surface area contributed by atoms with Crippen molar-refractivity contribution in [2.75, 3.05) is 5.73 Å². The molecule has 102 valence electrons. The molecule has 6 heteroatoms. The molecule has 0 bridgehead atoms. The molecule has 18 heavy (non-hydrogen) atoms. The number of hydrogen-bond donors (Lipinski definition) is 2. The van der Waals surface area contributed by atoms with Gasteiger partial charge in [-0.3, -0.25) is 0 Å². The van der Waals surface area contributed by atoms with Crippen molar-refractivity contribution in [3.8, 4) is 0 Å². The van der Waals surface area contributed by atoms with Gasteiger partial charge in [-0.1, -0.05) is 13.3 Å². The first-order chi connectivity index (χ1) is 8.18. The summed E-state index contributed by atoms with van der Waals surface area (Å²) in [5.74, 6) is -0.802. The highest BCUT2D eigenvalue weighted by molar-refractivity contribution is 7.89. The highest BCUT2D eigenvalue weighted by atomic mass is 32.2. The molecule has 1 rings (SSSR count). The van der Waals surface area contributed by atoms with Crippen LogP contribution in [0.5, 0.6) is 0 Å². The third kappa shape index (κ3) is 3.68. The lowest BCUT2D eigenvalue weighted by atomic mass is 10.0. The first-order valence-corrected chi connectivity index (χ1v) is 7.25. The molecule has 0 aliphatic carbocycles. The summed E-state index contributed by atoms with van der Waals surface area (Å²) < 4.78 is 40.2. The zero-order valence-electron chi connectivity index (χ0n) is 10.8. The second kappa shape index (κ2) is 5.24. The number of hydrogen-bond acceptors (Lipinski definition) is 3. The molecule has 0 aliphatic rings. The minimum absolute atomic E-state index is 0.213. The Morgan fingerprint density at radius 3 is 2.56 bits per heavy atom. The number of nitrogens with one attached hydrogen (secondary N) is 1. The van der Waals surface area contributed by atoms with E-state index in [1.807, 2.05) is 6.92 Å². The van der Waals surface area contributed by atoms with E-state index in [0.717, 1.165) is 18.6 Å². The van der Waals surface area contributed by atoms with E-state index in [1.54, 1.807) is 13.8 Å². The lowest BCUT2D eigenvalue weighted by molar-refractivity contribution is 0.416. The van der Waals surface area contributed by atoms with Gasteiger partial charge in [-0.15, -0.1) is 0 Å². The molecule has 0 aliphatic heterocycles. The maximum absolute atomic E-state index is 13.6. The van der Waals surface area contributed by atoms with Crippen LogP contribution < -0.4 is 10.5 Å². The monoisotopic (exact) mass is 274 g/mol. The zero-order chi connectivity index (χ0) is 14.0. The zero-order valence-corrected chi connectivity index (χ0v) is 11.6. The second-order valence-electron chi connectivity index (χ2n) is 4.93. The third-order valence-corrected chi connectivity index (χ3v) is 4.24. The summed E-state index contributed by atoms with van der Waals surface area (Å²) in [6.07, 6.45) is 1.49. The van der Waals surface area contributed by atoms with Crippen LogP contribution in [0.1, 0.15) is 33.6 Å². The molecule has 3 N–H and O–H groups in total. The Balaban J connectivity index is 3.11. The predicted molar refractivity (Wildman–Crippen MR) is 70.1 cm³/mol. The van der Waals surface area contributed by atoms with Gasteiger partial charge in [-0.2, -0.15) is 0 Å². The number of sulfonamides is 1. The molecule has 0 fully saturated rings. The van der Waals surface area contributed by atoms with Gasteiger partial charge < -0.3 is 5.73 Å². The lowest BCUT2D eigenvalue weighted by Gasteiger charge is -2.25. The van der Waals surface area contributed by atoms with Crippen molar-refractivity contribution >= 4 is 15.7 Å². The molecule has 0 unspecified atom stereocenters. The van der Waals surface area contributed by atoms with Gasteiger partial charge in [0, 0.05) is 11.2 Å². The molecule has 0 saturated heterocycles. The summed E-state index contributed by atoms with van der Waals surface area (Å²) in [7, 11) is -3.90. The topological polar surface area (TPSA) is 72.2 Å². The predicted octanol–water partition coefficient (Wildman–Crippen LogP) is 2.26. The standard InChI is InChI=1S/C12H19FN2O2S/c1-4-7-12(2,3)15-18(16,17)11-8-9(14)5-6-10(11)13/h5-6,8,15H,4,7,14H2,1-3H3. The fraction of sp³-hybridized carbons (Fsp3) is 0.500. The molecule has 4 nitrogen and oxygen atoms in total. The highest BCUT2D eigenvalue weighted by Crippen LogP contribution is 2.21. The van der Waals surface area contributed by atoms with Crippen LogP contribution in [0.15, 0.2) is 23.1 Å². The fourth-order valence-corrected chi connectivity index (χ4v) is 3.38. The smallest absolute Gasteiger partial charge is 0.244 e. The first kappa shape index (κ1) is 14.9. The van der Waals surface area contributed by atoms with Crippen molar-refractivity contribution < 1.29 is 12.8 Å². The number of nitrogen functional groups attached to an aromatic ring is 1. The summed E-state index contributed by atoms with van der Waals surface area (Å²) in [5, 5.41) is 0. The van der Waals surface area contributed by atoms with E-state index in [0.29, 0.717) is 6.42 Å². The maximum atomic E-state index is 13.6. The van der Waals surface area contributed by atoms with E-state index in [-0.39, 0.29) is 5.69 Å². The summed E-state index contributed by atoms with van der Waals surface area (Å²) in [6, 6.07) is 3.50. The SMILES string of the molecule is CCCC(C)(C)NS(=O)(=O)c1cc(N)ccc1F. The molecular formula is C12H19FN2O2S. The number of halogens is 1. The van der Waals surface area contributed by atoms with Crippen LogP contribution in [0.3, 0.4) is 0 Å². The average Bonchev–Trinajstić information content (AvgIpc) is 2.19. The van der Waals surface area contributed by atoms with Crippen LogP contribution in [-0.4, -0.2) is 14.0 Å². The van der Waals surface area contributed by atoms with Gasteiger partial charge >= 0.3 is 0 Å². The Morgan fingerprint density at radius 1 is 1.39 bits per heavy atom. The molecule has 0 aromatic heterocycles. The molecule has 0 heterocycles. The molecule has 0 radical (unpaired) electrons. The summed E-state index contributed by atoms with van der Waals surface area (Å²) >= 11 is 0.